The second-order valence-corrected chi connectivity index (χ2v) is 11.0. The van der Waals surface area contributed by atoms with Crippen LogP contribution in [0, 0.1) is 0 Å². The molecule has 2 saturated heterocycles. The Hall–Kier alpha value is -3.52. The van der Waals surface area contributed by atoms with Gasteiger partial charge in [-0.05, 0) is 67.8 Å². The zero-order valence-corrected chi connectivity index (χ0v) is 27.4. The monoisotopic (exact) mass is 591 g/mol. The Morgan fingerprint density at radius 3 is 2.23 bits per heavy atom. The summed E-state index contributed by atoms with van der Waals surface area (Å²) in [6.07, 6.45) is 7.17. The van der Waals surface area contributed by atoms with E-state index in [1.807, 2.05) is 44.7 Å². The fraction of sp³-hybridized carbons (Fsp3) is 0.543. The van der Waals surface area contributed by atoms with Crippen molar-refractivity contribution >= 4 is 28.4 Å². The summed E-state index contributed by atoms with van der Waals surface area (Å²) in [5.41, 5.74) is 9.66. The molecular formula is C35H53N5O3. The second kappa shape index (κ2) is 16.4. The number of rotatable bonds is 8. The molecule has 2 amide bonds. The molecular weight excluding hydrogens is 538 g/mol. The first-order valence-electron chi connectivity index (χ1n) is 16.1. The molecule has 0 radical (unpaired) electrons. The molecule has 3 heterocycles. The summed E-state index contributed by atoms with van der Waals surface area (Å²) in [6, 6.07) is 15.0. The van der Waals surface area contributed by atoms with Crippen molar-refractivity contribution in [1.82, 2.24) is 14.4 Å². The van der Waals surface area contributed by atoms with Gasteiger partial charge in [0.15, 0.2) is 0 Å². The number of benzene rings is 2. The number of likely N-dealkylation sites (tertiary alicyclic amines) is 2. The summed E-state index contributed by atoms with van der Waals surface area (Å²) in [6.45, 7) is 14.3. The lowest BCUT2D eigenvalue weighted by molar-refractivity contribution is -0.129. The smallest absolute Gasteiger partial charge is 0.248 e. The van der Waals surface area contributed by atoms with E-state index in [-0.39, 0.29) is 11.8 Å². The molecule has 43 heavy (non-hydrogen) atoms. The molecule has 2 fully saturated rings. The van der Waals surface area contributed by atoms with E-state index in [1.165, 1.54) is 11.3 Å². The van der Waals surface area contributed by atoms with Crippen LogP contribution in [-0.4, -0.2) is 79.1 Å². The summed E-state index contributed by atoms with van der Waals surface area (Å²) in [7, 11) is 3.94. The average Bonchev–Trinajstić information content (AvgIpc) is 3.49. The van der Waals surface area contributed by atoms with Gasteiger partial charge < -0.3 is 29.7 Å². The van der Waals surface area contributed by atoms with E-state index in [9.17, 15) is 9.59 Å². The first-order valence-corrected chi connectivity index (χ1v) is 16.1. The van der Waals surface area contributed by atoms with Crippen LogP contribution < -0.4 is 15.4 Å². The maximum atomic E-state index is 11.8. The second-order valence-electron chi connectivity index (χ2n) is 11.0. The van der Waals surface area contributed by atoms with Crippen molar-refractivity contribution < 1.29 is 14.3 Å². The minimum atomic E-state index is -0.387. The Kier molecular flexibility index (Phi) is 12.9. The standard InChI is InChI=1S/C31H41N5O3.2C2H6/c1-22(37)35-18-12-25(13-19-35)33(2)28-5-4-6-30(39-3)27(28)14-17-34-15-10-26(11-16-34)36-20-9-23-7-8-24(31(32)38)21-29(23)36;2*1-2/h4-9,20-21,25-26H,10-19H2,1-3H3,(H2,32,38);2*1-2H3. The number of carbonyl (C=O) groups is 2. The number of nitrogens with two attached hydrogens (primary N) is 1. The quantitative estimate of drug-likeness (QED) is 0.341. The zero-order valence-electron chi connectivity index (χ0n) is 27.4. The molecule has 0 aliphatic carbocycles. The maximum Gasteiger partial charge on any atom is 0.248 e. The van der Waals surface area contributed by atoms with Gasteiger partial charge in [0.2, 0.25) is 11.8 Å². The van der Waals surface area contributed by atoms with E-state index in [0.29, 0.717) is 17.6 Å². The number of carbonyl (C=O) groups excluding carboxylic acids is 2. The van der Waals surface area contributed by atoms with Gasteiger partial charge in [-0.1, -0.05) is 39.8 Å². The summed E-state index contributed by atoms with van der Waals surface area (Å²) < 4.78 is 8.13. The van der Waals surface area contributed by atoms with Crippen molar-refractivity contribution in [3.05, 3.63) is 59.8 Å². The molecule has 5 rings (SSSR count). The van der Waals surface area contributed by atoms with E-state index in [0.717, 1.165) is 81.5 Å². The number of amides is 2. The largest absolute Gasteiger partial charge is 0.496 e. The maximum absolute atomic E-state index is 11.8. The molecule has 0 atom stereocenters. The van der Waals surface area contributed by atoms with Crippen LogP contribution in [0.25, 0.3) is 10.9 Å². The molecule has 0 saturated carbocycles. The third-order valence-corrected chi connectivity index (χ3v) is 8.80. The molecule has 0 spiro atoms. The first kappa shape index (κ1) is 34.0. The zero-order chi connectivity index (χ0) is 31.5. The Balaban J connectivity index is 0.00000121. The lowest BCUT2D eigenvalue weighted by atomic mass is 9.99. The summed E-state index contributed by atoms with van der Waals surface area (Å²) in [4.78, 5) is 30.4. The molecule has 2 aromatic carbocycles. The predicted octanol–water partition coefficient (Wildman–Crippen LogP) is 6.13. The molecule has 8 heteroatoms. The highest BCUT2D eigenvalue weighted by Crippen LogP contribution is 2.33. The van der Waals surface area contributed by atoms with Crippen LogP contribution in [0.15, 0.2) is 48.7 Å². The van der Waals surface area contributed by atoms with E-state index in [1.54, 1.807) is 20.1 Å². The minimum absolute atomic E-state index is 0.169. The van der Waals surface area contributed by atoms with Gasteiger partial charge in [0.1, 0.15) is 5.75 Å². The number of ether oxygens (including phenoxy) is 1. The van der Waals surface area contributed by atoms with Crippen molar-refractivity contribution in [3.63, 3.8) is 0 Å². The lowest BCUT2D eigenvalue weighted by Gasteiger charge is -2.38. The topological polar surface area (TPSA) is 84.0 Å². The molecule has 3 aromatic rings. The molecule has 0 bridgehead atoms. The van der Waals surface area contributed by atoms with Gasteiger partial charge in [-0.3, -0.25) is 9.59 Å². The van der Waals surface area contributed by atoms with Crippen LogP contribution in [0.3, 0.4) is 0 Å². The number of piperidine rings is 2. The molecule has 8 nitrogen and oxygen atoms in total. The molecule has 236 valence electrons. The third kappa shape index (κ3) is 8.11. The molecule has 0 unspecified atom stereocenters. The third-order valence-electron chi connectivity index (χ3n) is 8.80. The lowest BCUT2D eigenvalue weighted by Crippen LogP contribution is -2.45. The minimum Gasteiger partial charge on any atom is -0.496 e. The van der Waals surface area contributed by atoms with E-state index in [2.05, 4.69) is 51.9 Å². The molecule has 1 aromatic heterocycles. The fourth-order valence-electron chi connectivity index (χ4n) is 6.40. The summed E-state index contributed by atoms with van der Waals surface area (Å²) >= 11 is 0. The van der Waals surface area contributed by atoms with Crippen LogP contribution >= 0.6 is 0 Å². The van der Waals surface area contributed by atoms with Crippen molar-refractivity contribution in [1.29, 1.82) is 0 Å². The highest BCUT2D eigenvalue weighted by Gasteiger charge is 2.27. The van der Waals surface area contributed by atoms with Crippen LogP contribution in [0.1, 0.15) is 82.3 Å². The van der Waals surface area contributed by atoms with E-state index < -0.39 is 0 Å². The summed E-state index contributed by atoms with van der Waals surface area (Å²) in [5, 5.41) is 1.14. The van der Waals surface area contributed by atoms with Gasteiger partial charge in [-0.15, -0.1) is 0 Å². The van der Waals surface area contributed by atoms with Crippen molar-refractivity contribution in [3.8, 4) is 5.75 Å². The van der Waals surface area contributed by atoms with Gasteiger partial charge in [-0.2, -0.15) is 0 Å². The predicted molar refractivity (Wildman–Crippen MR) is 178 cm³/mol. The van der Waals surface area contributed by atoms with Gasteiger partial charge in [-0.25, -0.2) is 0 Å². The first-order chi connectivity index (χ1) is 20.9. The normalized spacial score (nSPS) is 16.1. The molecule has 2 aliphatic rings. The number of hydrogen-bond acceptors (Lipinski definition) is 5. The van der Waals surface area contributed by atoms with Crippen LogP contribution in [0.5, 0.6) is 5.75 Å². The van der Waals surface area contributed by atoms with E-state index >= 15 is 0 Å². The van der Waals surface area contributed by atoms with Crippen molar-refractivity contribution in [2.75, 3.05) is 51.8 Å². The number of aromatic nitrogens is 1. The Bertz CT molecular complexity index is 1320. The number of anilines is 1. The number of primary amides is 1. The Morgan fingerprint density at radius 2 is 1.63 bits per heavy atom. The number of fused-ring (bicyclic) bond motifs is 1. The van der Waals surface area contributed by atoms with E-state index in [4.69, 9.17) is 10.5 Å². The summed E-state index contributed by atoms with van der Waals surface area (Å²) in [5.74, 6) is 0.726. The Labute approximate surface area is 258 Å². The fourth-order valence-corrected chi connectivity index (χ4v) is 6.40. The van der Waals surface area contributed by atoms with Gasteiger partial charge in [0.25, 0.3) is 0 Å². The highest BCUT2D eigenvalue weighted by molar-refractivity contribution is 5.97. The van der Waals surface area contributed by atoms with Crippen molar-refractivity contribution in [2.45, 2.75) is 78.8 Å². The van der Waals surface area contributed by atoms with Crippen molar-refractivity contribution in [2.24, 2.45) is 5.73 Å². The number of hydrogen-bond donors (Lipinski definition) is 1. The van der Waals surface area contributed by atoms with Gasteiger partial charge >= 0.3 is 0 Å². The van der Waals surface area contributed by atoms with Crippen LogP contribution in [0.2, 0.25) is 0 Å². The molecule has 2 N–H and O–H groups in total. The van der Waals surface area contributed by atoms with Crippen LogP contribution in [0.4, 0.5) is 5.69 Å². The Morgan fingerprint density at radius 1 is 0.953 bits per heavy atom. The van der Waals surface area contributed by atoms with Crippen LogP contribution in [-0.2, 0) is 11.2 Å². The SMILES string of the molecule is CC.CC.COc1cccc(N(C)C2CCN(C(C)=O)CC2)c1CCN1CCC(n2ccc3ccc(C(N)=O)cc32)CC1. The average molecular weight is 592 g/mol. The van der Waals surface area contributed by atoms with Gasteiger partial charge in [0, 0.05) is 87.3 Å². The number of methoxy groups -OCH3 is 1. The highest BCUT2D eigenvalue weighted by atomic mass is 16.5. The van der Waals surface area contributed by atoms with Gasteiger partial charge in [0.05, 0.1) is 7.11 Å². The number of nitrogens with zero attached hydrogens (tertiary/aromatic N) is 4. The molecule has 2 aliphatic heterocycles.